The Balaban J connectivity index is 1.72. The molecule has 1 aromatic heterocycles. The molecule has 3 rings (SSSR count). The van der Waals surface area contributed by atoms with E-state index in [-0.39, 0.29) is 18.1 Å². The van der Waals surface area contributed by atoms with Crippen LogP contribution in [0.2, 0.25) is 0 Å². The number of nitrogens with one attached hydrogen (secondary N) is 1. The molecule has 3 atom stereocenters. The van der Waals surface area contributed by atoms with Crippen LogP contribution in [0.25, 0.3) is 0 Å². The van der Waals surface area contributed by atoms with Crippen molar-refractivity contribution in [2.45, 2.75) is 38.3 Å². The predicted octanol–water partition coefficient (Wildman–Crippen LogP) is 1.92. The highest BCUT2D eigenvalue weighted by Gasteiger charge is 2.51. The van der Waals surface area contributed by atoms with Gasteiger partial charge in [-0.15, -0.1) is 11.3 Å². The molecule has 2 fully saturated rings. The lowest BCUT2D eigenvalue weighted by atomic mass is 9.89. The van der Waals surface area contributed by atoms with E-state index in [4.69, 9.17) is 5.11 Å². The summed E-state index contributed by atoms with van der Waals surface area (Å²) in [5, 5.41) is 14.4. The summed E-state index contributed by atoms with van der Waals surface area (Å²) in [6, 6.07) is -0.318. The number of aliphatic carboxylic acids is 1. The van der Waals surface area contributed by atoms with Gasteiger partial charge in [-0.05, 0) is 26.2 Å². The Morgan fingerprint density at radius 3 is 2.89 bits per heavy atom. The van der Waals surface area contributed by atoms with E-state index in [1.165, 1.54) is 11.3 Å². The van der Waals surface area contributed by atoms with Gasteiger partial charge in [0.1, 0.15) is 0 Å². The van der Waals surface area contributed by atoms with Gasteiger partial charge in [0.15, 0.2) is 5.13 Å². The van der Waals surface area contributed by atoms with Gasteiger partial charge in [0, 0.05) is 17.5 Å². The number of fused-ring (bicyclic) bond motifs is 2. The lowest BCUT2D eigenvalue weighted by Gasteiger charge is -2.22. The van der Waals surface area contributed by atoms with Crippen LogP contribution < -0.4 is 5.32 Å². The minimum absolute atomic E-state index is 0.0622. The molecule has 2 aliphatic heterocycles. The summed E-state index contributed by atoms with van der Waals surface area (Å²) < 4.78 is 0. The second kappa shape index (κ2) is 4.48. The molecule has 6 nitrogen and oxygen atoms in total. The monoisotopic (exact) mass is 281 g/mol. The number of hydrogen-bond donors (Lipinski definition) is 2. The smallest absolute Gasteiger partial charge is 0.324 e. The molecule has 1 aromatic rings. The number of nitrogens with zero attached hydrogens (tertiary/aromatic N) is 2. The van der Waals surface area contributed by atoms with Crippen LogP contribution in [0.15, 0.2) is 5.38 Å². The normalized spacial score (nSPS) is 28.7. The molecule has 0 spiro atoms. The molecule has 102 valence electrons. The van der Waals surface area contributed by atoms with Gasteiger partial charge < -0.3 is 10.0 Å². The third-order valence-electron chi connectivity index (χ3n) is 3.92. The van der Waals surface area contributed by atoms with Crippen LogP contribution in [0.1, 0.15) is 25.0 Å². The zero-order chi connectivity index (χ0) is 13.6. The van der Waals surface area contributed by atoms with Crippen LogP contribution in [0.4, 0.5) is 9.93 Å². The number of carboxylic acid groups (broad SMARTS) is 1. The van der Waals surface area contributed by atoms with Crippen LogP contribution >= 0.6 is 11.3 Å². The number of carboxylic acids is 1. The van der Waals surface area contributed by atoms with Crippen molar-refractivity contribution in [1.29, 1.82) is 0 Å². The molecule has 2 N–H and O–H groups in total. The number of aromatic nitrogens is 1. The highest BCUT2D eigenvalue weighted by Crippen LogP contribution is 2.42. The van der Waals surface area contributed by atoms with E-state index in [9.17, 15) is 9.59 Å². The fourth-order valence-corrected chi connectivity index (χ4v) is 3.82. The minimum Gasteiger partial charge on any atom is -0.481 e. The first-order valence-corrected chi connectivity index (χ1v) is 7.18. The Bertz CT molecular complexity index is 530. The molecule has 19 heavy (non-hydrogen) atoms. The zero-order valence-electron chi connectivity index (χ0n) is 10.5. The highest BCUT2D eigenvalue weighted by atomic mass is 32.1. The number of anilines is 1. The van der Waals surface area contributed by atoms with Gasteiger partial charge in [-0.25, -0.2) is 9.78 Å². The molecular formula is C12H15N3O3S. The summed E-state index contributed by atoms with van der Waals surface area (Å²) in [5.74, 6) is -1.21. The number of thiazole rings is 1. The van der Waals surface area contributed by atoms with Crippen molar-refractivity contribution in [3.8, 4) is 0 Å². The van der Waals surface area contributed by atoms with Crippen LogP contribution in [0, 0.1) is 12.8 Å². The van der Waals surface area contributed by atoms with E-state index < -0.39 is 11.9 Å². The van der Waals surface area contributed by atoms with E-state index in [1.807, 2.05) is 12.3 Å². The quantitative estimate of drug-likeness (QED) is 0.867. The van der Waals surface area contributed by atoms with Gasteiger partial charge in [-0.3, -0.25) is 10.1 Å². The Hall–Kier alpha value is -1.63. The highest BCUT2D eigenvalue weighted by molar-refractivity contribution is 7.13. The summed E-state index contributed by atoms with van der Waals surface area (Å²) in [5.41, 5.74) is 0.869. The SMILES string of the molecule is Cc1csc(NC(=O)N2C3CCC2C(C(=O)O)C3)n1. The molecule has 3 heterocycles. The molecule has 7 heteroatoms. The first kappa shape index (κ1) is 12.4. The summed E-state index contributed by atoms with van der Waals surface area (Å²) in [6.45, 7) is 1.87. The van der Waals surface area contributed by atoms with E-state index in [1.54, 1.807) is 4.90 Å². The number of aryl methyl sites for hydroxylation is 1. The molecule has 3 unspecified atom stereocenters. The lowest BCUT2D eigenvalue weighted by molar-refractivity contribution is -0.142. The molecular weight excluding hydrogens is 266 g/mol. The topological polar surface area (TPSA) is 82.5 Å². The van der Waals surface area contributed by atoms with Crippen molar-refractivity contribution in [2.24, 2.45) is 5.92 Å². The Morgan fingerprint density at radius 2 is 2.32 bits per heavy atom. The molecule has 2 amide bonds. The number of carbonyl (C=O) groups excluding carboxylic acids is 1. The van der Waals surface area contributed by atoms with E-state index in [0.29, 0.717) is 11.6 Å². The van der Waals surface area contributed by atoms with Crippen molar-refractivity contribution >= 4 is 28.5 Å². The average Bonchev–Trinajstić information content (AvgIpc) is 3.02. The van der Waals surface area contributed by atoms with Crippen LogP contribution in [-0.4, -0.2) is 39.1 Å². The standard InChI is InChI=1S/C12H15N3O3S/c1-6-5-19-11(13-6)14-12(18)15-7-2-3-9(15)8(4-7)10(16)17/h5,7-9H,2-4H2,1H3,(H,16,17)(H,13,14,18). The van der Waals surface area contributed by atoms with Crippen LogP contribution in [-0.2, 0) is 4.79 Å². The zero-order valence-corrected chi connectivity index (χ0v) is 11.3. The Morgan fingerprint density at radius 1 is 1.53 bits per heavy atom. The van der Waals surface area contributed by atoms with Crippen molar-refractivity contribution < 1.29 is 14.7 Å². The first-order chi connectivity index (χ1) is 9.06. The van der Waals surface area contributed by atoms with Gasteiger partial charge in [0.05, 0.1) is 11.6 Å². The summed E-state index contributed by atoms with van der Waals surface area (Å²) in [4.78, 5) is 29.3. The second-order valence-electron chi connectivity index (χ2n) is 5.11. The summed E-state index contributed by atoms with van der Waals surface area (Å²) in [6.07, 6.45) is 2.26. The van der Waals surface area contributed by atoms with E-state index >= 15 is 0 Å². The lowest BCUT2D eigenvalue weighted by Crippen LogP contribution is -2.40. The molecule has 0 radical (unpaired) electrons. The van der Waals surface area contributed by atoms with Crippen LogP contribution in [0.3, 0.4) is 0 Å². The second-order valence-corrected chi connectivity index (χ2v) is 5.97. The van der Waals surface area contributed by atoms with E-state index in [2.05, 4.69) is 10.3 Å². The van der Waals surface area contributed by atoms with Gasteiger partial charge in [0.2, 0.25) is 0 Å². The molecule has 0 aliphatic carbocycles. The molecule has 2 saturated heterocycles. The molecule has 2 aliphatic rings. The van der Waals surface area contributed by atoms with Crippen molar-refractivity contribution in [1.82, 2.24) is 9.88 Å². The van der Waals surface area contributed by atoms with Crippen molar-refractivity contribution in [2.75, 3.05) is 5.32 Å². The predicted molar refractivity (Wildman–Crippen MR) is 70.3 cm³/mol. The molecule has 2 bridgehead atoms. The van der Waals surface area contributed by atoms with Gasteiger partial charge in [0.25, 0.3) is 0 Å². The molecule has 0 saturated carbocycles. The number of hydrogen-bond acceptors (Lipinski definition) is 4. The average molecular weight is 281 g/mol. The Kier molecular flexibility index (Phi) is 2.93. The van der Waals surface area contributed by atoms with Crippen LogP contribution in [0.5, 0.6) is 0 Å². The van der Waals surface area contributed by atoms with E-state index in [0.717, 1.165) is 18.5 Å². The van der Waals surface area contributed by atoms with Gasteiger partial charge >= 0.3 is 12.0 Å². The maximum Gasteiger partial charge on any atom is 0.324 e. The number of rotatable bonds is 2. The maximum atomic E-state index is 12.2. The van der Waals surface area contributed by atoms with Crippen molar-refractivity contribution in [3.63, 3.8) is 0 Å². The van der Waals surface area contributed by atoms with Gasteiger partial charge in [-0.1, -0.05) is 0 Å². The summed E-state index contributed by atoms with van der Waals surface area (Å²) >= 11 is 1.38. The fraction of sp³-hybridized carbons (Fsp3) is 0.583. The molecule has 0 aromatic carbocycles. The first-order valence-electron chi connectivity index (χ1n) is 6.30. The summed E-state index contributed by atoms with van der Waals surface area (Å²) in [7, 11) is 0. The third kappa shape index (κ3) is 2.07. The fourth-order valence-electron chi connectivity index (χ4n) is 3.14. The number of urea groups is 1. The maximum absolute atomic E-state index is 12.2. The third-order valence-corrected chi connectivity index (χ3v) is 4.80. The van der Waals surface area contributed by atoms with Crippen molar-refractivity contribution in [3.05, 3.63) is 11.1 Å². The number of carbonyl (C=O) groups is 2. The minimum atomic E-state index is -0.796. The Labute approximate surface area is 114 Å². The largest absolute Gasteiger partial charge is 0.481 e. The van der Waals surface area contributed by atoms with Gasteiger partial charge in [-0.2, -0.15) is 0 Å². The number of amides is 2.